The minimum Gasteiger partial charge on any atom is -0.333 e. The number of carbonyl (C=O) groups is 1. The fourth-order valence-electron chi connectivity index (χ4n) is 3.34. The predicted octanol–water partition coefficient (Wildman–Crippen LogP) is 4.11. The number of nitrogens with one attached hydrogen (secondary N) is 2. The van der Waals surface area contributed by atoms with Crippen LogP contribution < -0.4 is 5.32 Å². The van der Waals surface area contributed by atoms with Gasteiger partial charge in [0.05, 0.1) is 0 Å². The van der Waals surface area contributed by atoms with E-state index in [0.29, 0.717) is 17.5 Å². The minimum atomic E-state index is -4.60. The quantitative estimate of drug-likeness (QED) is 0.747. The van der Waals surface area contributed by atoms with Crippen LogP contribution in [0.1, 0.15) is 41.0 Å². The monoisotopic (exact) mass is 414 g/mol. The summed E-state index contributed by atoms with van der Waals surface area (Å²) in [4.78, 5) is 14.4. The van der Waals surface area contributed by atoms with Crippen LogP contribution in [0.4, 0.5) is 13.2 Å². The molecule has 1 aromatic carbocycles. The number of aromatic amines is 1. The Morgan fingerprint density at radius 3 is 2.61 bits per heavy atom. The molecule has 2 N–H and O–H groups in total. The molecule has 1 aliphatic rings. The van der Waals surface area contributed by atoms with Crippen molar-refractivity contribution in [2.75, 3.05) is 19.6 Å². The second-order valence-corrected chi connectivity index (χ2v) is 7.37. The van der Waals surface area contributed by atoms with Crippen molar-refractivity contribution in [3.8, 4) is 0 Å². The summed E-state index contributed by atoms with van der Waals surface area (Å²) in [5.41, 5.74) is -0.532. The molecule has 1 aromatic heterocycles. The van der Waals surface area contributed by atoms with Gasteiger partial charge in [0.15, 0.2) is 5.69 Å². The van der Waals surface area contributed by atoms with Crippen molar-refractivity contribution in [2.45, 2.75) is 32.0 Å². The van der Waals surface area contributed by atoms with Crippen LogP contribution in [-0.4, -0.2) is 40.6 Å². The summed E-state index contributed by atoms with van der Waals surface area (Å²) in [6, 6.07) is 7.89. The number of rotatable bonds is 6. The number of piperidine rings is 1. The van der Waals surface area contributed by atoms with E-state index in [1.165, 1.54) is 4.90 Å². The van der Waals surface area contributed by atoms with Crippen LogP contribution in [0, 0.1) is 5.92 Å². The van der Waals surface area contributed by atoms with Crippen LogP contribution in [-0.2, 0) is 12.7 Å². The molecule has 1 amide bonds. The van der Waals surface area contributed by atoms with Gasteiger partial charge in [0.1, 0.15) is 5.69 Å². The maximum atomic E-state index is 12.9. The Kier molecular flexibility index (Phi) is 6.61. The van der Waals surface area contributed by atoms with Gasteiger partial charge in [-0.05, 0) is 49.9 Å². The molecule has 9 heteroatoms. The standard InChI is InChI=1S/C19H22ClF3N4O/c20-15-4-2-1-3-14(15)12-27(10-7-13-5-8-24-9-6-13)18(28)16-11-17(26-25-16)19(21,22)23/h1-4,11,13,24H,5-10,12H2,(H,25,26). The van der Waals surface area contributed by atoms with Gasteiger partial charge in [-0.2, -0.15) is 18.3 Å². The zero-order valence-electron chi connectivity index (χ0n) is 15.2. The normalized spacial score (nSPS) is 15.6. The van der Waals surface area contributed by atoms with E-state index in [1.807, 2.05) is 6.07 Å². The lowest BCUT2D eigenvalue weighted by Crippen LogP contribution is -2.35. The molecule has 1 saturated heterocycles. The van der Waals surface area contributed by atoms with E-state index in [9.17, 15) is 18.0 Å². The van der Waals surface area contributed by atoms with E-state index in [0.717, 1.165) is 44.0 Å². The van der Waals surface area contributed by atoms with E-state index < -0.39 is 17.8 Å². The number of halogens is 4. The largest absolute Gasteiger partial charge is 0.435 e. The predicted molar refractivity (Wildman–Crippen MR) is 100.0 cm³/mol. The van der Waals surface area contributed by atoms with Crippen molar-refractivity contribution in [1.82, 2.24) is 20.4 Å². The first kappa shape index (κ1) is 20.7. The molecule has 0 saturated carbocycles. The van der Waals surface area contributed by atoms with Crippen molar-refractivity contribution >= 4 is 17.5 Å². The number of nitrogens with zero attached hydrogens (tertiary/aromatic N) is 2. The van der Waals surface area contributed by atoms with Crippen molar-refractivity contribution in [1.29, 1.82) is 0 Å². The zero-order valence-corrected chi connectivity index (χ0v) is 16.0. The van der Waals surface area contributed by atoms with Gasteiger partial charge in [0.25, 0.3) is 5.91 Å². The summed E-state index contributed by atoms with van der Waals surface area (Å²) in [5.74, 6) is -0.0350. The maximum Gasteiger partial charge on any atom is 0.435 e. The molecular weight excluding hydrogens is 393 g/mol. The Hall–Kier alpha value is -2.06. The average Bonchev–Trinajstić information content (AvgIpc) is 3.17. The summed E-state index contributed by atoms with van der Waals surface area (Å²) in [5, 5.41) is 9.27. The molecular formula is C19H22ClF3N4O. The van der Waals surface area contributed by atoms with Crippen LogP contribution in [0.15, 0.2) is 30.3 Å². The molecule has 0 unspecified atom stereocenters. The molecule has 0 radical (unpaired) electrons. The van der Waals surface area contributed by atoms with E-state index in [4.69, 9.17) is 11.6 Å². The van der Waals surface area contributed by atoms with Gasteiger partial charge >= 0.3 is 6.18 Å². The Labute approximate surface area is 166 Å². The Morgan fingerprint density at radius 1 is 1.25 bits per heavy atom. The summed E-state index contributed by atoms with van der Waals surface area (Å²) >= 11 is 6.22. The molecule has 28 heavy (non-hydrogen) atoms. The van der Waals surface area contributed by atoms with Crippen LogP contribution in [0.5, 0.6) is 0 Å². The van der Waals surface area contributed by atoms with Crippen molar-refractivity contribution < 1.29 is 18.0 Å². The number of aromatic nitrogens is 2. The number of hydrogen-bond donors (Lipinski definition) is 2. The molecule has 0 atom stereocenters. The molecule has 2 heterocycles. The molecule has 0 bridgehead atoms. The Morgan fingerprint density at radius 2 is 1.96 bits per heavy atom. The number of hydrogen-bond acceptors (Lipinski definition) is 3. The van der Waals surface area contributed by atoms with Gasteiger partial charge in [0.2, 0.25) is 0 Å². The van der Waals surface area contributed by atoms with Crippen molar-refractivity contribution in [3.05, 3.63) is 52.3 Å². The first-order valence-electron chi connectivity index (χ1n) is 9.20. The van der Waals surface area contributed by atoms with E-state index in [-0.39, 0.29) is 12.2 Å². The number of H-pyrrole nitrogens is 1. The zero-order chi connectivity index (χ0) is 20.1. The topological polar surface area (TPSA) is 61.0 Å². The van der Waals surface area contributed by atoms with Crippen molar-refractivity contribution in [3.63, 3.8) is 0 Å². The molecule has 1 aliphatic heterocycles. The van der Waals surface area contributed by atoms with Gasteiger partial charge in [-0.1, -0.05) is 29.8 Å². The van der Waals surface area contributed by atoms with Gasteiger partial charge in [-0.25, -0.2) is 0 Å². The van der Waals surface area contributed by atoms with Gasteiger partial charge < -0.3 is 10.2 Å². The number of alkyl halides is 3. The summed E-state index contributed by atoms with van der Waals surface area (Å²) in [6.45, 7) is 2.55. The second-order valence-electron chi connectivity index (χ2n) is 6.96. The summed E-state index contributed by atoms with van der Waals surface area (Å²) < 4.78 is 38.5. The smallest absolute Gasteiger partial charge is 0.333 e. The molecule has 0 aliphatic carbocycles. The fourth-order valence-corrected chi connectivity index (χ4v) is 3.54. The van der Waals surface area contributed by atoms with E-state index >= 15 is 0 Å². The summed E-state index contributed by atoms with van der Waals surface area (Å²) in [6.07, 6.45) is -1.76. The third-order valence-corrected chi connectivity index (χ3v) is 5.34. The first-order chi connectivity index (χ1) is 13.3. The first-order valence-corrected chi connectivity index (χ1v) is 9.58. The van der Waals surface area contributed by atoms with Crippen LogP contribution in [0.2, 0.25) is 5.02 Å². The number of carbonyl (C=O) groups excluding carboxylic acids is 1. The Bertz CT molecular complexity index is 802. The third kappa shape index (κ3) is 5.26. The highest BCUT2D eigenvalue weighted by atomic mass is 35.5. The Balaban J connectivity index is 1.76. The van der Waals surface area contributed by atoms with Gasteiger partial charge in [-0.3, -0.25) is 9.89 Å². The minimum absolute atomic E-state index is 0.176. The van der Waals surface area contributed by atoms with Gasteiger partial charge in [-0.15, -0.1) is 0 Å². The molecule has 2 aromatic rings. The van der Waals surface area contributed by atoms with Crippen molar-refractivity contribution in [2.24, 2.45) is 5.92 Å². The van der Waals surface area contributed by atoms with Crippen LogP contribution in [0.25, 0.3) is 0 Å². The van der Waals surface area contributed by atoms with E-state index in [2.05, 4.69) is 15.5 Å². The lowest BCUT2D eigenvalue weighted by molar-refractivity contribution is -0.141. The number of amides is 1. The molecule has 152 valence electrons. The number of benzene rings is 1. The van der Waals surface area contributed by atoms with Gasteiger partial charge in [0, 0.05) is 24.2 Å². The fraction of sp³-hybridized carbons (Fsp3) is 0.474. The SMILES string of the molecule is O=C(c1cc(C(F)(F)F)n[nH]1)N(CCC1CCNCC1)Cc1ccccc1Cl. The van der Waals surface area contributed by atoms with Crippen LogP contribution in [0.3, 0.4) is 0 Å². The van der Waals surface area contributed by atoms with Crippen LogP contribution >= 0.6 is 11.6 Å². The molecule has 5 nitrogen and oxygen atoms in total. The molecule has 0 spiro atoms. The molecule has 3 rings (SSSR count). The highest BCUT2D eigenvalue weighted by Gasteiger charge is 2.35. The highest BCUT2D eigenvalue weighted by Crippen LogP contribution is 2.28. The molecule has 1 fully saturated rings. The summed E-state index contributed by atoms with van der Waals surface area (Å²) in [7, 11) is 0. The lowest BCUT2D eigenvalue weighted by Gasteiger charge is -2.27. The highest BCUT2D eigenvalue weighted by molar-refractivity contribution is 6.31. The third-order valence-electron chi connectivity index (χ3n) is 4.97. The second kappa shape index (κ2) is 8.96. The maximum absolute atomic E-state index is 12.9. The lowest BCUT2D eigenvalue weighted by atomic mass is 9.94. The van der Waals surface area contributed by atoms with E-state index in [1.54, 1.807) is 18.2 Å². The average molecular weight is 415 g/mol.